The average molecular weight is 391 g/mol. The van der Waals surface area contributed by atoms with Gasteiger partial charge in [-0.1, -0.05) is 51.1 Å². The Balaban J connectivity index is 2.26. The SMILES string of the molecule is CCc1cc(C(c2ccc(C)c(C)c2C)C(C)(C)C(OC)=C2CCC2)ccc1C. The lowest BCUT2D eigenvalue weighted by Crippen LogP contribution is -2.30. The van der Waals surface area contributed by atoms with Gasteiger partial charge in [0.1, 0.15) is 5.76 Å². The van der Waals surface area contributed by atoms with Gasteiger partial charge in [0, 0.05) is 11.3 Å². The van der Waals surface area contributed by atoms with E-state index in [1.54, 1.807) is 0 Å². The summed E-state index contributed by atoms with van der Waals surface area (Å²) in [6.45, 7) is 16.0. The van der Waals surface area contributed by atoms with Gasteiger partial charge in [0.25, 0.3) is 0 Å². The van der Waals surface area contributed by atoms with Crippen LogP contribution in [0.25, 0.3) is 0 Å². The molecular formula is C28H38O. The number of rotatable bonds is 6. The molecular weight excluding hydrogens is 352 g/mol. The van der Waals surface area contributed by atoms with Crippen molar-refractivity contribution in [2.75, 3.05) is 7.11 Å². The molecule has 0 aliphatic heterocycles. The van der Waals surface area contributed by atoms with E-state index in [0.717, 1.165) is 6.42 Å². The van der Waals surface area contributed by atoms with E-state index in [1.807, 2.05) is 7.11 Å². The quantitative estimate of drug-likeness (QED) is 0.459. The van der Waals surface area contributed by atoms with E-state index in [-0.39, 0.29) is 11.3 Å². The minimum Gasteiger partial charge on any atom is -0.501 e. The van der Waals surface area contributed by atoms with Gasteiger partial charge in [-0.3, -0.25) is 0 Å². The molecule has 0 N–H and O–H groups in total. The predicted octanol–water partition coefficient (Wildman–Crippen LogP) is 7.73. The number of methoxy groups -OCH3 is 1. The van der Waals surface area contributed by atoms with Crippen LogP contribution >= 0.6 is 0 Å². The first-order valence-corrected chi connectivity index (χ1v) is 11.1. The van der Waals surface area contributed by atoms with Crippen LogP contribution in [0.1, 0.15) is 84.9 Å². The van der Waals surface area contributed by atoms with E-state index in [1.165, 1.54) is 69.5 Å². The fourth-order valence-electron chi connectivity index (χ4n) is 5.10. The first kappa shape index (κ1) is 21.7. The van der Waals surface area contributed by atoms with Crippen LogP contribution in [0.4, 0.5) is 0 Å². The van der Waals surface area contributed by atoms with Gasteiger partial charge in [-0.25, -0.2) is 0 Å². The highest BCUT2D eigenvalue weighted by atomic mass is 16.5. The molecule has 0 saturated heterocycles. The van der Waals surface area contributed by atoms with Crippen molar-refractivity contribution in [1.82, 2.24) is 0 Å². The lowest BCUT2D eigenvalue weighted by Gasteiger charge is -2.40. The van der Waals surface area contributed by atoms with Crippen LogP contribution in [-0.2, 0) is 11.2 Å². The van der Waals surface area contributed by atoms with Gasteiger partial charge < -0.3 is 4.74 Å². The van der Waals surface area contributed by atoms with Crippen LogP contribution in [-0.4, -0.2) is 7.11 Å². The fraction of sp³-hybridized carbons (Fsp3) is 0.500. The van der Waals surface area contributed by atoms with Crippen LogP contribution in [0.3, 0.4) is 0 Å². The molecule has 1 aliphatic rings. The zero-order chi connectivity index (χ0) is 21.3. The topological polar surface area (TPSA) is 9.23 Å². The van der Waals surface area contributed by atoms with Gasteiger partial charge in [0.05, 0.1) is 7.11 Å². The Bertz CT molecular complexity index is 924. The van der Waals surface area contributed by atoms with Gasteiger partial charge in [-0.05, 0) is 97.9 Å². The molecule has 2 aromatic rings. The molecule has 1 fully saturated rings. The number of benzene rings is 2. The molecule has 0 spiro atoms. The van der Waals surface area contributed by atoms with Crippen molar-refractivity contribution in [3.8, 4) is 0 Å². The Morgan fingerprint density at radius 3 is 2.17 bits per heavy atom. The van der Waals surface area contributed by atoms with Gasteiger partial charge in [0.15, 0.2) is 0 Å². The van der Waals surface area contributed by atoms with Crippen LogP contribution in [0.15, 0.2) is 41.7 Å². The summed E-state index contributed by atoms with van der Waals surface area (Å²) in [5.74, 6) is 1.46. The molecule has 0 aromatic heterocycles. The Morgan fingerprint density at radius 1 is 0.966 bits per heavy atom. The third-order valence-corrected chi connectivity index (χ3v) is 7.29. The summed E-state index contributed by atoms with van der Waals surface area (Å²) in [6, 6.07) is 11.7. The molecule has 2 aromatic carbocycles. The van der Waals surface area contributed by atoms with Gasteiger partial charge >= 0.3 is 0 Å². The van der Waals surface area contributed by atoms with Crippen molar-refractivity contribution in [3.63, 3.8) is 0 Å². The smallest absolute Gasteiger partial charge is 0.101 e. The molecule has 0 heterocycles. The number of aryl methyl sites for hydroxylation is 3. The second kappa shape index (κ2) is 8.38. The van der Waals surface area contributed by atoms with Crippen molar-refractivity contribution in [1.29, 1.82) is 0 Å². The molecule has 0 radical (unpaired) electrons. The molecule has 156 valence electrons. The maximum Gasteiger partial charge on any atom is 0.101 e. The molecule has 1 aliphatic carbocycles. The monoisotopic (exact) mass is 390 g/mol. The number of hydrogen-bond donors (Lipinski definition) is 0. The standard InChI is InChI=1S/C28H38O/c1-9-22-17-24(15-13-19(22)3)26(25-16-14-18(2)20(4)21(25)5)28(6,7)27(29-8)23-11-10-12-23/h13-17,26H,9-12H2,1-8H3. The first-order valence-electron chi connectivity index (χ1n) is 11.1. The molecule has 0 amide bonds. The molecule has 29 heavy (non-hydrogen) atoms. The summed E-state index contributed by atoms with van der Waals surface area (Å²) < 4.78 is 6.10. The summed E-state index contributed by atoms with van der Waals surface area (Å²) in [7, 11) is 1.86. The molecule has 0 bridgehead atoms. The van der Waals surface area contributed by atoms with E-state index < -0.39 is 0 Å². The van der Waals surface area contributed by atoms with Crippen molar-refractivity contribution in [3.05, 3.63) is 80.6 Å². The van der Waals surface area contributed by atoms with E-state index in [2.05, 4.69) is 78.8 Å². The van der Waals surface area contributed by atoms with Crippen molar-refractivity contribution < 1.29 is 4.74 Å². The Hall–Kier alpha value is -2.02. The molecule has 1 nitrogen and oxygen atoms in total. The number of allylic oxidation sites excluding steroid dienone is 2. The normalized spacial score (nSPS) is 15.1. The Labute approximate surface area is 178 Å². The molecule has 1 atom stereocenters. The zero-order valence-corrected chi connectivity index (χ0v) is 19.7. The second-order valence-electron chi connectivity index (χ2n) is 9.41. The van der Waals surface area contributed by atoms with Gasteiger partial charge in [-0.2, -0.15) is 0 Å². The largest absolute Gasteiger partial charge is 0.501 e. The highest BCUT2D eigenvalue weighted by Crippen LogP contribution is 2.50. The Morgan fingerprint density at radius 2 is 1.62 bits per heavy atom. The maximum atomic E-state index is 6.10. The lowest BCUT2D eigenvalue weighted by molar-refractivity contribution is 0.169. The highest BCUT2D eigenvalue weighted by Gasteiger charge is 2.40. The van der Waals surface area contributed by atoms with Crippen LogP contribution < -0.4 is 0 Å². The summed E-state index contributed by atoms with van der Waals surface area (Å²) in [6.07, 6.45) is 4.71. The molecule has 1 unspecified atom stereocenters. The van der Waals surface area contributed by atoms with Gasteiger partial charge in [-0.15, -0.1) is 0 Å². The third-order valence-electron chi connectivity index (χ3n) is 7.29. The summed E-state index contributed by atoms with van der Waals surface area (Å²) in [5.41, 5.74) is 11.2. The van der Waals surface area contributed by atoms with Crippen LogP contribution in [0.2, 0.25) is 0 Å². The van der Waals surface area contributed by atoms with Crippen molar-refractivity contribution in [2.45, 2.75) is 80.1 Å². The Kier molecular flexibility index (Phi) is 6.27. The lowest BCUT2D eigenvalue weighted by atomic mass is 9.66. The summed E-state index contributed by atoms with van der Waals surface area (Å²) in [5, 5.41) is 0. The van der Waals surface area contributed by atoms with Crippen molar-refractivity contribution >= 4 is 0 Å². The van der Waals surface area contributed by atoms with Gasteiger partial charge in [0.2, 0.25) is 0 Å². The highest BCUT2D eigenvalue weighted by molar-refractivity contribution is 5.48. The molecule has 1 saturated carbocycles. The first-order chi connectivity index (χ1) is 13.7. The number of hydrogen-bond acceptors (Lipinski definition) is 1. The van der Waals surface area contributed by atoms with E-state index in [0.29, 0.717) is 0 Å². The van der Waals surface area contributed by atoms with Crippen LogP contribution in [0, 0.1) is 33.1 Å². The van der Waals surface area contributed by atoms with Crippen molar-refractivity contribution in [2.24, 2.45) is 5.41 Å². The van der Waals surface area contributed by atoms with E-state index >= 15 is 0 Å². The predicted molar refractivity (Wildman–Crippen MR) is 125 cm³/mol. The average Bonchev–Trinajstić information content (AvgIpc) is 2.65. The van der Waals surface area contributed by atoms with E-state index in [9.17, 15) is 0 Å². The zero-order valence-electron chi connectivity index (χ0n) is 19.7. The molecule has 3 rings (SSSR count). The summed E-state index contributed by atoms with van der Waals surface area (Å²) in [4.78, 5) is 0. The second-order valence-corrected chi connectivity index (χ2v) is 9.41. The third kappa shape index (κ3) is 3.89. The number of ether oxygens (including phenoxy) is 1. The minimum absolute atomic E-state index is 0.114. The maximum absolute atomic E-state index is 6.10. The fourth-order valence-corrected chi connectivity index (χ4v) is 5.10. The minimum atomic E-state index is -0.114. The van der Waals surface area contributed by atoms with Crippen LogP contribution in [0.5, 0.6) is 0 Å². The molecule has 1 heteroatoms. The summed E-state index contributed by atoms with van der Waals surface area (Å²) >= 11 is 0. The van der Waals surface area contributed by atoms with E-state index in [4.69, 9.17) is 4.74 Å².